The summed E-state index contributed by atoms with van der Waals surface area (Å²) < 4.78 is 26.2. The summed E-state index contributed by atoms with van der Waals surface area (Å²) in [7, 11) is 0. The first-order valence-corrected chi connectivity index (χ1v) is 18.0. The van der Waals surface area contributed by atoms with E-state index in [1.165, 1.54) is 6.08 Å². The van der Waals surface area contributed by atoms with Crippen molar-refractivity contribution in [3.8, 4) is 6.01 Å². The second-order valence-electron chi connectivity index (χ2n) is 14.2. The van der Waals surface area contributed by atoms with E-state index in [0.29, 0.717) is 70.0 Å². The minimum Gasteiger partial charge on any atom is -0.461 e. The number of hydrogen-bond acceptors (Lipinski definition) is 10. The summed E-state index contributed by atoms with van der Waals surface area (Å²) in [6.07, 6.45) is 5.42. The molecule has 0 unspecified atom stereocenters. The molecule has 50 heavy (non-hydrogen) atoms. The molecule has 0 bridgehead atoms. The summed E-state index contributed by atoms with van der Waals surface area (Å²) in [5.41, 5.74) is 2.78. The number of ether oxygens (including phenoxy) is 1. The van der Waals surface area contributed by atoms with Crippen molar-refractivity contribution >= 4 is 45.9 Å². The normalized spacial score (nSPS) is 22.6. The van der Waals surface area contributed by atoms with Gasteiger partial charge in [-0.3, -0.25) is 9.69 Å². The number of nitrogens with zero attached hydrogens (tertiary/aromatic N) is 8. The standard InChI is InChI=1S/C37H42ClFN8O3/c1-24(2)34-41-31(50-43-34)10-11-32(48)44-16-18-45(19-17-44)35-27-12-15-46(30-9-4-7-25-6-3-8-28(38)33(25)30)22-29(27)40-36(42-35)49-23-37-13-5-14-47(37)21-26(39)20-37/h3-4,6-11,24,26H,5,12-23H2,1-2H3/b11-10+/t26-,37+/m1/s1. The average molecular weight is 701 g/mol. The second-order valence-corrected chi connectivity index (χ2v) is 14.6. The second kappa shape index (κ2) is 13.4. The zero-order valence-corrected chi connectivity index (χ0v) is 29.3. The Hall–Kier alpha value is -4.29. The monoisotopic (exact) mass is 700 g/mol. The zero-order chi connectivity index (χ0) is 34.4. The maximum absolute atomic E-state index is 14.6. The minimum absolute atomic E-state index is 0.102. The molecule has 3 saturated heterocycles. The predicted molar refractivity (Wildman–Crippen MR) is 191 cm³/mol. The third-order valence-electron chi connectivity index (χ3n) is 10.7. The van der Waals surface area contributed by atoms with Gasteiger partial charge in [-0.25, -0.2) is 4.39 Å². The van der Waals surface area contributed by atoms with Gasteiger partial charge in [0.2, 0.25) is 5.91 Å². The van der Waals surface area contributed by atoms with E-state index >= 15 is 0 Å². The molecule has 8 rings (SSSR count). The highest BCUT2D eigenvalue weighted by Gasteiger charge is 2.49. The summed E-state index contributed by atoms with van der Waals surface area (Å²) in [6, 6.07) is 12.6. The highest BCUT2D eigenvalue weighted by Crippen LogP contribution is 2.41. The molecule has 4 aliphatic rings. The molecule has 3 fully saturated rings. The van der Waals surface area contributed by atoms with Gasteiger partial charge >= 0.3 is 6.01 Å². The molecular formula is C37H42ClFN8O3. The van der Waals surface area contributed by atoms with E-state index in [0.717, 1.165) is 70.9 Å². The molecule has 13 heteroatoms. The third-order valence-corrected chi connectivity index (χ3v) is 11.0. The minimum atomic E-state index is -0.835. The van der Waals surface area contributed by atoms with Crippen molar-refractivity contribution in [1.29, 1.82) is 0 Å². The molecule has 262 valence electrons. The van der Waals surface area contributed by atoms with Gasteiger partial charge in [0.25, 0.3) is 5.89 Å². The van der Waals surface area contributed by atoms with Crippen LogP contribution in [0.5, 0.6) is 6.01 Å². The highest BCUT2D eigenvalue weighted by molar-refractivity contribution is 6.36. The number of fused-ring (bicyclic) bond motifs is 3. The molecule has 11 nitrogen and oxygen atoms in total. The fraction of sp³-hybridized carbons (Fsp3) is 0.486. The van der Waals surface area contributed by atoms with Gasteiger partial charge in [0.05, 0.1) is 22.8 Å². The lowest BCUT2D eigenvalue weighted by Crippen LogP contribution is -2.49. The van der Waals surface area contributed by atoms with Crippen molar-refractivity contribution in [2.24, 2.45) is 0 Å². The van der Waals surface area contributed by atoms with Crippen LogP contribution in [0.25, 0.3) is 16.8 Å². The molecule has 4 aromatic rings. The van der Waals surface area contributed by atoms with Crippen molar-refractivity contribution < 1.29 is 18.4 Å². The van der Waals surface area contributed by atoms with Crippen LogP contribution < -0.4 is 14.5 Å². The van der Waals surface area contributed by atoms with Gasteiger partial charge in [-0.2, -0.15) is 15.0 Å². The molecule has 2 aromatic heterocycles. The van der Waals surface area contributed by atoms with E-state index in [1.807, 2.05) is 30.9 Å². The van der Waals surface area contributed by atoms with Crippen LogP contribution in [-0.2, 0) is 17.8 Å². The molecule has 6 heterocycles. The Morgan fingerprint density at radius 2 is 1.90 bits per heavy atom. The van der Waals surface area contributed by atoms with Crippen LogP contribution in [-0.4, -0.2) is 99.9 Å². The van der Waals surface area contributed by atoms with Gasteiger partial charge < -0.3 is 24.0 Å². The predicted octanol–water partition coefficient (Wildman–Crippen LogP) is 5.67. The summed E-state index contributed by atoms with van der Waals surface area (Å²) in [5, 5.41) is 6.81. The van der Waals surface area contributed by atoms with Crippen LogP contribution in [0.3, 0.4) is 0 Å². The van der Waals surface area contributed by atoms with Crippen molar-refractivity contribution in [2.45, 2.75) is 63.7 Å². The Morgan fingerprint density at radius 3 is 2.70 bits per heavy atom. The van der Waals surface area contributed by atoms with Gasteiger partial charge in [0, 0.05) is 80.4 Å². The van der Waals surface area contributed by atoms with E-state index in [4.69, 9.17) is 30.8 Å². The number of carbonyl (C=O) groups is 1. The fourth-order valence-corrected chi connectivity index (χ4v) is 8.32. The summed E-state index contributed by atoms with van der Waals surface area (Å²) >= 11 is 6.74. The number of amides is 1. The van der Waals surface area contributed by atoms with Crippen LogP contribution in [0.2, 0.25) is 5.02 Å². The first-order valence-electron chi connectivity index (χ1n) is 17.7. The Balaban J connectivity index is 1.04. The average Bonchev–Trinajstić information content (AvgIpc) is 3.84. The number of rotatable bonds is 8. The fourth-order valence-electron chi connectivity index (χ4n) is 8.04. The summed E-state index contributed by atoms with van der Waals surface area (Å²) in [5.74, 6) is 1.83. The lowest BCUT2D eigenvalue weighted by molar-refractivity contribution is -0.126. The molecule has 0 radical (unpaired) electrons. The molecule has 2 aromatic carbocycles. The first-order chi connectivity index (χ1) is 24.3. The van der Waals surface area contributed by atoms with E-state index in [9.17, 15) is 9.18 Å². The number of hydrogen-bond donors (Lipinski definition) is 0. The van der Waals surface area contributed by atoms with Crippen LogP contribution in [0.15, 0.2) is 47.0 Å². The van der Waals surface area contributed by atoms with Crippen LogP contribution >= 0.6 is 11.6 Å². The number of alkyl halides is 1. The Bertz CT molecular complexity index is 1920. The Morgan fingerprint density at radius 1 is 1.08 bits per heavy atom. The number of aromatic nitrogens is 4. The number of benzene rings is 2. The van der Waals surface area contributed by atoms with Crippen LogP contribution in [0.1, 0.15) is 62.0 Å². The van der Waals surface area contributed by atoms with E-state index in [-0.39, 0.29) is 17.4 Å². The first kappa shape index (κ1) is 32.9. The zero-order valence-electron chi connectivity index (χ0n) is 28.5. The van der Waals surface area contributed by atoms with E-state index in [1.54, 1.807) is 6.08 Å². The quantitative estimate of drug-likeness (QED) is 0.214. The van der Waals surface area contributed by atoms with Crippen LogP contribution in [0.4, 0.5) is 15.9 Å². The lowest BCUT2D eigenvalue weighted by Gasteiger charge is -2.38. The van der Waals surface area contributed by atoms with Crippen molar-refractivity contribution in [3.05, 3.63) is 70.5 Å². The number of halogens is 2. The van der Waals surface area contributed by atoms with Crippen molar-refractivity contribution in [2.75, 3.05) is 62.2 Å². The van der Waals surface area contributed by atoms with Gasteiger partial charge in [-0.05, 0) is 43.3 Å². The lowest BCUT2D eigenvalue weighted by atomic mass is 9.95. The molecule has 0 spiro atoms. The van der Waals surface area contributed by atoms with Crippen LogP contribution in [0, 0.1) is 0 Å². The molecular weight excluding hydrogens is 659 g/mol. The largest absolute Gasteiger partial charge is 0.461 e. The summed E-state index contributed by atoms with van der Waals surface area (Å²) in [6.45, 7) is 9.37. The van der Waals surface area contributed by atoms with E-state index < -0.39 is 6.17 Å². The molecule has 0 N–H and O–H groups in total. The molecule has 0 aliphatic carbocycles. The number of piperazine rings is 1. The number of carbonyl (C=O) groups excluding carboxylic acids is 1. The third kappa shape index (κ3) is 6.28. The smallest absolute Gasteiger partial charge is 0.318 e. The summed E-state index contributed by atoms with van der Waals surface area (Å²) in [4.78, 5) is 36.1. The Labute approximate surface area is 296 Å². The molecule has 0 saturated carbocycles. The van der Waals surface area contributed by atoms with Crippen molar-refractivity contribution in [1.82, 2.24) is 29.9 Å². The van der Waals surface area contributed by atoms with Gasteiger partial charge in [-0.15, -0.1) is 0 Å². The van der Waals surface area contributed by atoms with E-state index in [2.05, 4.69) is 49.1 Å². The highest BCUT2D eigenvalue weighted by atomic mass is 35.5. The maximum Gasteiger partial charge on any atom is 0.318 e. The maximum atomic E-state index is 14.6. The Kier molecular flexibility index (Phi) is 8.84. The van der Waals surface area contributed by atoms with Gasteiger partial charge in [-0.1, -0.05) is 54.9 Å². The molecule has 4 aliphatic heterocycles. The molecule has 1 amide bonds. The molecule has 2 atom stereocenters. The number of anilines is 2. The van der Waals surface area contributed by atoms with Gasteiger partial charge in [0.15, 0.2) is 5.82 Å². The van der Waals surface area contributed by atoms with Gasteiger partial charge in [0.1, 0.15) is 18.6 Å². The topological polar surface area (TPSA) is 104 Å². The SMILES string of the molecule is CC(C)c1noc(/C=C/C(=O)N2CCN(c3nc(OC[C@@]45CCCN4C[C@H](F)C5)nc4c3CCN(c3cccc5cccc(Cl)c35)C4)CC2)n1. The van der Waals surface area contributed by atoms with Crippen molar-refractivity contribution in [3.63, 3.8) is 0 Å².